The molecule has 0 saturated heterocycles. The molecular weight excluding hydrogens is 469 g/mol. The van der Waals surface area contributed by atoms with E-state index < -0.39 is 5.60 Å². The van der Waals surface area contributed by atoms with E-state index in [1.807, 2.05) is 39.0 Å². The number of nitrogens with one attached hydrogen (secondary N) is 3. The molecule has 0 heterocycles. The van der Waals surface area contributed by atoms with Gasteiger partial charge in [0, 0.05) is 45.5 Å². The number of aliphatic imine (C=N–C) groups is 1. The second-order valence-corrected chi connectivity index (χ2v) is 7.46. The van der Waals surface area contributed by atoms with Gasteiger partial charge in [-0.25, -0.2) is 4.79 Å². The number of benzene rings is 1. The Hall–Kier alpha value is -1.71. The Bertz CT molecular complexity index is 590. The van der Waals surface area contributed by atoms with Crippen LogP contribution in [0.25, 0.3) is 0 Å². The van der Waals surface area contributed by atoms with Crippen LogP contribution in [-0.2, 0) is 4.74 Å². The van der Waals surface area contributed by atoms with Gasteiger partial charge in [-0.3, -0.25) is 4.99 Å². The summed E-state index contributed by atoms with van der Waals surface area (Å²) in [5, 5.41) is 9.34. The van der Waals surface area contributed by atoms with Crippen LogP contribution in [0.1, 0.15) is 34.1 Å². The standard InChI is InChI=1S/C20H35N5O2.HI/c1-16(25(6)17-11-8-7-9-12-17)15-24-18(21-5)22-13-10-14-23-19(26)27-20(2,3)4;/h7-9,11-12,16H,10,13-15H2,1-6H3,(H,23,26)(H2,21,22,24);1H. The van der Waals surface area contributed by atoms with E-state index in [1.165, 1.54) is 5.69 Å². The van der Waals surface area contributed by atoms with Crippen molar-refractivity contribution in [3.8, 4) is 0 Å². The lowest BCUT2D eigenvalue weighted by atomic mass is 10.2. The van der Waals surface area contributed by atoms with E-state index in [2.05, 4.69) is 51.9 Å². The summed E-state index contributed by atoms with van der Waals surface area (Å²) in [5.41, 5.74) is 0.709. The van der Waals surface area contributed by atoms with Gasteiger partial charge in [-0.15, -0.1) is 24.0 Å². The normalized spacial score (nSPS) is 12.4. The summed E-state index contributed by atoms with van der Waals surface area (Å²) in [6.45, 7) is 9.73. The first-order valence-corrected chi connectivity index (χ1v) is 9.42. The molecule has 0 fully saturated rings. The van der Waals surface area contributed by atoms with Crippen LogP contribution in [0.2, 0.25) is 0 Å². The Labute approximate surface area is 186 Å². The summed E-state index contributed by atoms with van der Waals surface area (Å²) in [5.74, 6) is 0.751. The van der Waals surface area contributed by atoms with Crippen LogP contribution in [0.15, 0.2) is 35.3 Å². The van der Waals surface area contributed by atoms with E-state index in [1.54, 1.807) is 7.05 Å². The third-order valence-corrected chi connectivity index (χ3v) is 3.93. The largest absolute Gasteiger partial charge is 0.444 e. The molecule has 3 N–H and O–H groups in total. The fraction of sp³-hybridized carbons (Fsp3) is 0.600. The molecule has 1 amide bonds. The van der Waals surface area contributed by atoms with Crippen molar-refractivity contribution in [1.82, 2.24) is 16.0 Å². The zero-order valence-corrected chi connectivity index (χ0v) is 20.2. The Morgan fingerprint density at radius 3 is 2.32 bits per heavy atom. The molecule has 0 bridgehead atoms. The van der Waals surface area contributed by atoms with E-state index in [9.17, 15) is 4.79 Å². The smallest absolute Gasteiger partial charge is 0.407 e. The van der Waals surface area contributed by atoms with Gasteiger partial charge in [0.25, 0.3) is 0 Å². The van der Waals surface area contributed by atoms with Gasteiger partial charge in [0.2, 0.25) is 0 Å². The Balaban J connectivity index is 0.00000729. The maximum absolute atomic E-state index is 11.6. The molecule has 28 heavy (non-hydrogen) atoms. The minimum atomic E-state index is -0.474. The van der Waals surface area contributed by atoms with E-state index in [4.69, 9.17) is 4.74 Å². The van der Waals surface area contributed by atoms with Crippen molar-refractivity contribution >= 4 is 41.7 Å². The minimum absolute atomic E-state index is 0. The SMILES string of the molecule is CN=C(NCCCNC(=O)OC(C)(C)C)NCC(C)N(C)c1ccccc1.I. The molecule has 0 aliphatic rings. The molecule has 0 aliphatic carbocycles. The number of rotatable bonds is 8. The van der Waals surface area contributed by atoms with Gasteiger partial charge in [-0.1, -0.05) is 18.2 Å². The predicted molar refractivity (Wildman–Crippen MR) is 128 cm³/mol. The van der Waals surface area contributed by atoms with Crippen molar-refractivity contribution in [2.45, 2.75) is 45.8 Å². The molecule has 7 nitrogen and oxygen atoms in total. The van der Waals surface area contributed by atoms with Crippen LogP contribution in [0.3, 0.4) is 0 Å². The Kier molecular flexibility index (Phi) is 12.6. The topological polar surface area (TPSA) is 78.0 Å². The fourth-order valence-electron chi connectivity index (χ4n) is 2.32. The number of carbonyl (C=O) groups is 1. The van der Waals surface area contributed by atoms with Crippen LogP contribution in [0.5, 0.6) is 0 Å². The first-order chi connectivity index (χ1) is 12.7. The number of likely N-dealkylation sites (N-methyl/N-ethyl adjacent to an activating group) is 1. The zero-order valence-electron chi connectivity index (χ0n) is 17.9. The minimum Gasteiger partial charge on any atom is -0.444 e. The summed E-state index contributed by atoms with van der Waals surface area (Å²) < 4.78 is 5.20. The van der Waals surface area contributed by atoms with Gasteiger partial charge in [0.1, 0.15) is 5.60 Å². The highest BCUT2D eigenvalue weighted by molar-refractivity contribution is 14.0. The zero-order chi connectivity index (χ0) is 20.3. The molecule has 160 valence electrons. The maximum Gasteiger partial charge on any atom is 0.407 e. The van der Waals surface area contributed by atoms with Crippen molar-refractivity contribution in [2.24, 2.45) is 4.99 Å². The highest BCUT2D eigenvalue weighted by atomic mass is 127. The fourth-order valence-corrected chi connectivity index (χ4v) is 2.32. The van der Waals surface area contributed by atoms with E-state index in [-0.39, 0.29) is 30.1 Å². The number of para-hydroxylation sites is 1. The molecule has 0 saturated carbocycles. The number of guanidine groups is 1. The summed E-state index contributed by atoms with van der Waals surface area (Å²) in [7, 11) is 3.83. The number of ether oxygens (including phenoxy) is 1. The highest BCUT2D eigenvalue weighted by Crippen LogP contribution is 2.13. The number of hydrogen-bond donors (Lipinski definition) is 3. The number of carbonyl (C=O) groups excluding carboxylic acids is 1. The second-order valence-electron chi connectivity index (χ2n) is 7.46. The number of amides is 1. The van der Waals surface area contributed by atoms with Crippen LogP contribution >= 0.6 is 24.0 Å². The van der Waals surface area contributed by atoms with Crippen LogP contribution in [0.4, 0.5) is 10.5 Å². The van der Waals surface area contributed by atoms with Crippen molar-refractivity contribution in [1.29, 1.82) is 0 Å². The van der Waals surface area contributed by atoms with Crippen molar-refractivity contribution in [2.75, 3.05) is 38.6 Å². The van der Waals surface area contributed by atoms with Crippen LogP contribution in [0, 0.1) is 0 Å². The molecule has 0 spiro atoms. The van der Waals surface area contributed by atoms with Gasteiger partial charge in [0.05, 0.1) is 0 Å². The number of alkyl carbamates (subject to hydrolysis) is 1. The summed E-state index contributed by atoms with van der Waals surface area (Å²) >= 11 is 0. The monoisotopic (exact) mass is 505 g/mol. The summed E-state index contributed by atoms with van der Waals surface area (Å²) in [6, 6.07) is 10.6. The van der Waals surface area contributed by atoms with E-state index >= 15 is 0 Å². The lowest BCUT2D eigenvalue weighted by Crippen LogP contribution is -2.45. The molecule has 1 rings (SSSR count). The predicted octanol–water partition coefficient (Wildman–Crippen LogP) is 3.21. The average molecular weight is 505 g/mol. The lowest BCUT2D eigenvalue weighted by Gasteiger charge is -2.27. The molecule has 1 unspecified atom stereocenters. The molecular formula is C20H36IN5O2. The number of hydrogen-bond acceptors (Lipinski definition) is 4. The molecule has 1 atom stereocenters. The quantitative estimate of drug-likeness (QED) is 0.219. The third kappa shape index (κ3) is 11.2. The van der Waals surface area contributed by atoms with Crippen LogP contribution in [-0.4, -0.2) is 57.4 Å². The Morgan fingerprint density at radius 2 is 1.75 bits per heavy atom. The Morgan fingerprint density at radius 1 is 1.14 bits per heavy atom. The van der Waals surface area contributed by atoms with Crippen molar-refractivity contribution in [3.05, 3.63) is 30.3 Å². The van der Waals surface area contributed by atoms with Crippen molar-refractivity contribution in [3.63, 3.8) is 0 Å². The third-order valence-electron chi connectivity index (χ3n) is 3.93. The van der Waals surface area contributed by atoms with Gasteiger partial charge < -0.3 is 25.6 Å². The number of nitrogens with zero attached hydrogens (tertiary/aromatic N) is 2. The molecule has 0 radical (unpaired) electrons. The van der Waals surface area contributed by atoms with Crippen molar-refractivity contribution < 1.29 is 9.53 Å². The first-order valence-electron chi connectivity index (χ1n) is 9.42. The number of halogens is 1. The average Bonchev–Trinajstić information content (AvgIpc) is 2.62. The molecule has 0 aromatic heterocycles. The summed E-state index contributed by atoms with van der Waals surface area (Å²) in [6.07, 6.45) is 0.391. The molecule has 1 aromatic rings. The number of anilines is 1. The maximum atomic E-state index is 11.6. The highest BCUT2D eigenvalue weighted by Gasteiger charge is 2.15. The van der Waals surface area contributed by atoms with Gasteiger partial charge in [-0.05, 0) is 46.2 Å². The molecule has 8 heteroatoms. The van der Waals surface area contributed by atoms with E-state index in [0.717, 1.165) is 18.9 Å². The van der Waals surface area contributed by atoms with E-state index in [0.29, 0.717) is 19.1 Å². The summed E-state index contributed by atoms with van der Waals surface area (Å²) in [4.78, 5) is 18.0. The van der Waals surface area contributed by atoms with Gasteiger partial charge in [-0.2, -0.15) is 0 Å². The van der Waals surface area contributed by atoms with Gasteiger partial charge >= 0.3 is 6.09 Å². The molecule has 0 aliphatic heterocycles. The first kappa shape index (κ1) is 26.3. The second kappa shape index (κ2) is 13.5. The van der Waals surface area contributed by atoms with Gasteiger partial charge in [0.15, 0.2) is 5.96 Å². The molecule has 1 aromatic carbocycles. The lowest BCUT2D eigenvalue weighted by molar-refractivity contribution is 0.0527. The van der Waals surface area contributed by atoms with Crippen LogP contribution < -0.4 is 20.9 Å².